The number of amides is 2. The quantitative estimate of drug-likeness (QED) is 0.560. The highest BCUT2D eigenvalue weighted by atomic mass is 16.6. The molecule has 8 heteroatoms. The monoisotopic (exact) mass is 452 g/mol. The fraction of sp³-hybridized carbons (Fsp3) is 0.917. The molecule has 2 aliphatic heterocycles. The molecule has 0 bridgehead atoms. The number of rotatable bonds is 7. The third kappa shape index (κ3) is 3.77. The van der Waals surface area contributed by atoms with Gasteiger partial charge in [-0.05, 0) is 78.1 Å². The minimum atomic E-state index is -1.27. The molecule has 0 aromatic carbocycles. The van der Waals surface area contributed by atoms with Gasteiger partial charge in [-0.2, -0.15) is 0 Å². The molecule has 2 amide bonds. The van der Waals surface area contributed by atoms with E-state index in [1.54, 1.807) is 13.8 Å². The summed E-state index contributed by atoms with van der Waals surface area (Å²) in [7, 11) is 0. The van der Waals surface area contributed by atoms with Crippen molar-refractivity contribution in [1.82, 2.24) is 9.80 Å². The van der Waals surface area contributed by atoms with Gasteiger partial charge in [-0.1, -0.05) is 25.7 Å². The van der Waals surface area contributed by atoms with Crippen molar-refractivity contribution in [1.29, 1.82) is 0 Å². The molecular weight excluding hydrogens is 412 g/mol. The first kappa shape index (κ1) is 23.6. The highest BCUT2D eigenvalue weighted by molar-refractivity contribution is 5.72. The van der Waals surface area contributed by atoms with Crippen LogP contribution in [0, 0.1) is 0 Å². The summed E-state index contributed by atoms with van der Waals surface area (Å²) in [4.78, 5) is 27.9. The van der Waals surface area contributed by atoms with Crippen molar-refractivity contribution in [2.75, 3.05) is 13.1 Å². The second kappa shape index (κ2) is 8.67. The maximum Gasteiger partial charge on any atom is 0.412 e. The van der Waals surface area contributed by atoms with Crippen LogP contribution in [-0.2, 0) is 9.47 Å². The molecule has 4 rings (SSSR count). The molecule has 4 aliphatic rings. The zero-order valence-electron chi connectivity index (χ0n) is 19.7. The summed E-state index contributed by atoms with van der Waals surface area (Å²) in [6.45, 7) is 4.34. The van der Waals surface area contributed by atoms with E-state index in [4.69, 9.17) is 9.47 Å². The summed E-state index contributed by atoms with van der Waals surface area (Å²) in [6.07, 6.45) is 11.4. The van der Waals surface area contributed by atoms with Gasteiger partial charge < -0.3 is 19.7 Å². The van der Waals surface area contributed by atoms with Crippen LogP contribution in [0.15, 0.2) is 0 Å². The molecule has 0 unspecified atom stereocenters. The van der Waals surface area contributed by atoms with Gasteiger partial charge in [-0.25, -0.2) is 9.59 Å². The molecule has 2 heterocycles. The number of carbonyl (C=O) groups excluding carboxylic acids is 2. The van der Waals surface area contributed by atoms with Crippen LogP contribution in [0.3, 0.4) is 0 Å². The van der Waals surface area contributed by atoms with Crippen LogP contribution in [-0.4, -0.2) is 67.9 Å². The number of nitrogens with zero attached hydrogens (tertiary/aromatic N) is 2. The van der Waals surface area contributed by atoms with Gasteiger partial charge in [0.15, 0.2) is 22.7 Å². The summed E-state index contributed by atoms with van der Waals surface area (Å²) in [6, 6.07) is 0. The zero-order chi connectivity index (χ0) is 23.0. The number of carbonyl (C=O) groups is 2. The number of hydrogen-bond acceptors (Lipinski definition) is 6. The lowest BCUT2D eigenvalue weighted by atomic mass is 9.77. The Morgan fingerprint density at radius 3 is 1.34 bits per heavy atom. The fourth-order valence-corrected chi connectivity index (χ4v) is 6.39. The van der Waals surface area contributed by atoms with Gasteiger partial charge in [-0.3, -0.25) is 9.80 Å². The van der Waals surface area contributed by atoms with Crippen LogP contribution in [0.4, 0.5) is 9.59 Å². The van der Waals surface area contributed by atoms with Gasteiger partial charge in [0.1, 0.15) is 0 Å². The first-order valence-electron chi connectivity index (χ1n) is 12.6. The lowest BCUT2D eigenvalue weighted by Gasteiger charge is -2.42. The summed E-state index contributed by atoms with van der Waals surface area (Å²) >= 11 is 0. The first-order valence-corrected chi connectivity index (χ1v) is 12.6. The minimum absolute atomic E-state index is 0.412. The van der Waals surface area contributed by atoms with E-state index in [0.717, 1.165) is 89.9 Å². The number of ether oxygens (including phenoxy) is 2. The molecule has 2 saturated heterocycles. The van der Waals surface area contributed by atoms with E-state index in [1.807, 2.05) is 0 Å². The van der Waals surface area contributed by atoms with Crippen LogP contribution in [0.5, 0.6) is 0 Å². The van der Waals surface area contributed by atoms with E-state index in [9.17, 15) is 19.8 Å². The van der Waals surface area contributed by atoms with Crippen LogP contribution < -0.4 is 0 Å². The van der Waals surface area contributed by atoms with Crippen molar-refractivity contribution in [2.24, 2.45) is 0 Å². The fourth-order valence-electron chi connectivity index (χ4n) is 6.39. The summed E-state index contributed by atoms with van der Waals surface area (Å²) in [5, 5.41) is 22.3. The lowest BCUT2D eigenvalue weighted by molar-refractivity contribution is -0.159. The number of unbranched alkanes of at least 4 members (excludes halogenated alkanes) is 3. The van der Waals surface area contributed by atoms with Crippen LogP contribution in [0.2, 0.25) is 0 Å². The second-order valence-corrected chi connectivity index (χ2v) is 10.6. The van der Waals surface area contributed by atoms with E-state index in [-0.39, 0.29) is 0 Å². The predicted octanol–water partition coefficient (Wildman–Crippen LogP) is 4.27. The molecule has 32 heavy (non-hydrogen) atoms. The summed E-state index contributed by atoms with van der Waals surface area (Å²) in [5.74, 6) is 0. The van der Waals surface area contributed by atoms with E-state index >= 15 is 0 Å². The van der Waals surface area contributed by atoms with Crippen molar-refractivity contribution in [3.8, 4) is 0 Å². The maximum absolute atomic E-state index is 12.5. The molecule has 0 radical (unpaired) electrons. The molecule has 0 aromatic rings. The molecule has 8 nitrogen and oxygen atoms in total. The van der Waals surface area contributed by atoms with E-state index in [2.05, 4.69) is 0 Å². The number of aliphatic hydroxyl groups is 2. The molecule has 2 spiro atoms. The van der Waals surface area contributed by atoms with E-state index < -0.39 is 34.8 Å². The summed E-state index contributed by atoms with van der Waals surface area (Å²) in [5.41, 5.74) is -4.06. The first-order chi connectivity index (χ1) is 15.2. The minimum Gasteiger partial charge on any atom is -0.438 e. The highest BCUT2D eigenvalue weighted by Crippen LogP contribution is 2.48. The average Bonchev–Trinajstić information content (AvgIpc) is 3.03. The normalized spacial score (nSPS) is 33.8. The number of hydrogen-bond donors (Lipinski definition) is 2. The van der Waals surface area contributed by atoms with Crippen LogP contribution >= 0.6 is 0 Å². The van der Waals surface area contributed by atoms with Gasteiger partial charge in [0.25, 0.3) is 0 Å². The van der Waals surface area contributed by atoms with E-state index in [1.165, 1.54) is 9.80 Å². The Bertz CT molecular complexity index is 649. The molecule has 2 N–H and O–H groups in total. The topological polar surface area (TPSA) is 99.5 Å². The molecule has 4 fully saturated rings. The van der Waals surface area contributed by atoms with Gasteiger partial charge in [0, 0.05) is 13.1 Å². The molecule has 2 aliphatic carbocycles. The van der Waals surface area contributed by atoms with E-state index in [0.29, 0.717) is 13.1 Å². The smallest absolute Gasteiger partial charge is 0.412 e. The second-order valence-electron chi connectivity index (χ2n) is 10.6. The Balaban J connectivity index is 1.22. The molecular formula is C24H40N2O6. The Hall–Kier alpha value is -1.54. The SMILES string of the molecule is C[C@]1(O)N(CCCCCCN2C(=O)OC3(CCCCC3)[C@]2(C)O)C(=O)OC12CCCCC2. The molecule has 2 saturated carbocycles. The predicted molar refractivity (Wildman–Crippen MR) is 118 cm³/mol. The average molecular weight is 453 g/mol. The van der Waals surface area contributed by atoms with Crippen LogP contribution in [0.25, 0.3) is 0 Å². The largest absolute Gasteiger partial charge is 0.438 e. The van der Waals surface area contributed by atoms with Gasteiger partial charge in [0.05, 0.1) is 0 Å². The van der Waals surface area contributed by atoms with Crippen molar-refractivity contribution in [3.05, 3.63) is 0 Å². The molecule has 0 aromatic heterocycles. The zero-order valence-corrected chi connectivity index (χ0v) is 19.7. The van der Waals surface area contributed by atoms with Crippen molar-refractivity contribution < 1.29 is 29.3 Å². The summed E-state index contributed by atoms with van der Waals surface area (Å²) < 4.78 is 11.4. The highest BCUT2D eigenvalue weighted by Gasteiger charge is 2.62. The van der Waals surface area contributed by atoms with Gasteiger partial charge in [-0.15, -0.1) is 0 Å². The molecule has 182 valence electrons. The van der Waals surface area contributed by atoms with Gasteiger partial charge in [0.2, 0.25) is 0 Å². The third-order valence-electron chi connectivity index (χ3n) is 8.62. The van der Waals surface area contributed by atoms with Crippen LogP contribution in [0.1, 0.15) is 104 Å². The van der Waals surface area contributed by atoms with Crippen molar-refractivity contribution >= 4 is 12.2 Å². The standard InChI is InChI=1S/C24H40N2O6/c1-21(29)23(13-7-5-8-14-23)31-19(27)25(21)17-11-3-4-12-18-26-20(28)32-24(22(26,2)30)15-9-6-10-16-24/h29-30H,3-18H2,1-2H3/t21-,22+. The van der Waals surface area contributed by atoms with Gasteiger partial charge >= 0.3 is 12.2 Å². The Kier molecular flexibility index (Phi) is 6.40. The van der Waals surface area contributed by atoms with Crippen molar-refractivity contribution in [3.63, 3.8) is 0 Å². The Morgan fingerprint density at radius 1 is 0.656 bits per heavy atom. The van der Waals surface area contributed by atoms with Crippen molar-refractivity contribution in [2.45, 2.75) is 126 Å². The Labute approximate surface area is 191 Å². The lowest BCUT2D eigenvalue weighted by Crippen LogP contribution is -2.57. The maximum atomic E-state index is 12.5. The third-order valence-corrected chi connectivity index (χ3v) is 8.62. The Morgan fingerprint density at radius 2 is 1.00 bits per heavy atom. The molecule has 2 atom stereocenters.